The van der Waals surface area contributed by atoms with Crippen LogP contribution < -0.4 is 10.1 Å². The molecule has 0 aliphatic heterocycles. The topological polar surface area (TPSA) is 51.5 Å². The van der Waals surface area contributed by atoms with Crippen LogP contribution in [0.5, 0.6) is 11.6 Å². The van der Waals surface area contributed by atoms with Gasteiger partial charge >= 0.3 is 0 Å². The molecule has 0 bridgehead atoms. The predicted molar refractivity (Wildman–Crippen MR) is 83.0 cm³/mol. The summed E-state index contributed by atoms with van der Waals surface area (Å²) in [5, 5.41) is 3.20. The summed E-state index contributed by atoms with van der Waals surface area (Å²) in [5.74, 6) is 2.11. The molecule has 1 aromatic carbocycles. The van der Waals surface area contributed by atoms with Gasteiger partial charge in [-0.1, -0.05) is 25.1 Å². The summed E-state index contributed by atoms with van der Waals surface area (Å²) in [7, 11) is 0. The number of fused-ring (bicyclic) bond motifs is 1. The van der Waals surface area contributed by atoms with E-state index in [1.54, 1.807) is 6.20 Å². The van der Waals surface area contributed by atoms with E-state index in [9.17, 15) is 0 Å². The number of benzene rings is 1. The average Bonchev–Trinajstić information content (AvgIpc) is 2.97. The number of rotatable bonds is 5. The molecule has 0 atom stereocenters. The third-order valence-corrected chi connectivity index (χ3v) is 3.26. The largest absolute Gasteiger partial charge is 0.436 e. The van der Waals surface area contributed by atoms with Crippen molar-refractivity contribution in [3.8, 4) is 11.6 Å². The van der Waals surface area contributed by atoms with Crippen molar-refractivity contribution < 1.29 is 4.74 Å². The molecule has 5 nitrogen and oxygen atoms in total. The molecule has 0 aliphatic carbocycles. The zero-order chi connectivity index (χ0) is 14.7. The number of hydrogen-bond acceptors (Lipinski definition) is 4. The second kappa shape index (κ2) is 5.83. The third kappa shape index (κ3) is 2.67. The monoisotopic (exact) mass is 282 g/mol. The van der Waals surface area contributed by atoms with Crippen molar-refractivity contribution >= 4 is 11.5 Å². The molecule has 2 heterocycles. The molecule has 21 heavy (non-hydrogen) atoms. The van der Waals surface area contributed by atoms with Gasteiger partial charge in [-0.2, -0.15) is 4.98 Å². The first kappa shape index (κ1) is 13.4. The minimum absolute atomic E-state index is 0.513. The molecular formula is C16H18N4O. The molecule has 0 saturated carbocycles. The van der Waals surface area contributed by atoms with Crippen LogP contribution in [0, 0.1) is 0 Å². The van der Waals surface area contributed by atoms with Gasteiger partial charge < -0.3 is 10.1 Å². The standard InChI is InChI=1S/C16H18N4O/c1-3-12-7-5-6-8-13(12)21-16-15-18-9-10-20(15)11-14(19-16)17-4-2/h5-11,17H,3-4H2,1-2H3. The highest BCUT2D eigenvalue weighted by atomic mass is 16.5. The number of para-hydroxylation sites is 1. The molecular weight excluding hydrogens is 264 g/mol. The Morgan fingerprint density at radius 1 is 1.24 bits per heavy atom. The predicted octanol–water partition coefficient (Wildman–Crippen LogP) is 3.52. The Labute approximate surface area is 123 Å². The van der Waals surface area contributed by atoms with Gasteiger partial charge in [0.25, 0.3) is 5.88 Å². The second-order valence-corrected chi connectivity index (χ2v) is 4.68. The Balaban J connectivity index is 2.04. The van der Waals surface area contributed by atoms with E-state index < -0.39 is 0 Å². The highest BCUT2D eigenvalue weighted by Gasteiger charge is 2.11. The van der Waals surface area contributed by atoms with Crippen LogP contribution in [0.1, 0.15) is 19.4 Å². The lowest BCUT2D eigenvalue weighted by Crippen LogP contribution is -2.03. The highest BCUT2D eigenvalue weighted by molar-refractivity contribution is 5.55. The normalized spacial score (nSPS) is 10.8. The zero-order valence-corrected chi connectivity index (χ0v) is 12.2. The van der Waals surface area contributed by atoms with Gasteiger partial charge in [-0.25, -0.2) is 4.98 Å². The molecule has 0 spiro atoms. The summed E-state index contributed by atoms with van der Waals surface area (Å²) in [6.45, 7) is 4.95. The number of hydrogen-bond donors (Lipinski definition) is 1. The Kier molecular flexibility index (Phi) is 3.73. The van der Waals surface area contributed by atoms with Crippen LogP contribution >= 0.6 is 0 Å². The van der Waals surface area contributed by atoms with Crippen LogP contribution in [0.25, 0.3) is 5.65 Å². The van der Waals surface area contributed by atoms with E-state index in [1.165, 1.54) is 0 Å². The van der Waals surface area contributed by atoms with E-state index in [0.717, 1.165) is 30.1 Å². The molecule has 108 valence electrons. The maximum absolute atomic E-state index is 6.02. The number of aromatic nitrogens is 3. The van der Waals surface area contributed by atoms with Crippen molar-refractivity contribution in [1.29, 1.82) is 0 Å². The van der Waals surface area contributed by atoms with E-state index in [1.807, 2.05) is 41.9 Å². The lowest BCUT2D eigenvalue weighted by Gasteiger charge is -2.11. The molecule has 0 unspecified atom stereocenters. The van der Waals surface area contributed by atoms with Gasteiger partial charge in [-0.05, 0) is 25.0 Å². The Hall–Kier alpha value is -2.56. The van der Waals surface area contributed by atoms with Gasteiger partial charge in [0.2, 0.25) is 5.65 Å². The van der Waals surface area contributed by atoms with E-state index >= 15 is 0 Å². The highest BCUT2D eigenvalue weighted by Crippen LogP contribution is 2.27. The molecule has 0 saturated heterocycles. The molecule has 0 amide bonds. The molecule has 0 aliphatic rings. The van der Waals surface area contributed by atoms with Crippen molar-refractivity contribution in [3.63, 3.8) is 0 Å². The van der Waals surface area contributed by atoms with Crippen LogP contribution in [-0.4, -0.2) is 20.9 Å². The second-order valence-electron chi connectivity index (χ2n) is 4.68. The molecule has 0 fully saturated rings. The first-order valence-corrected chi connectivity index (χ1v) is 7.15. The van der Waals surface area contributed by atoms with E-state index in [2.05, 4.69) is 28.3 Å². The molecule has 3 rings (SSSR count). The van der Waals surface area contributed by atoms with Crippen molar-refractivity contribution in [3.05, 3.63) is 48.4 Å². The Bertz CT molecular complexity index is 751. The van der Waals surface area contributed by atoms with Crippen molar-refractivity contribution in [2.45, 2.75) is 20.3 Å². The zero-order valence-electron chi connectivity index (χ0n) is 12.2. The van der Waals surface area contributed by atoms with Gasteiger partial charge in [0.05, 0.1) is 6.20 Å². The number of anilines is 1. The van der Waals surface area contributed by atoms with Crippen molar-refractivity contribution in [2.24, 2.45) is 0 Å². The Morgan fingerprint density at radius 3 is 2.90 bits per heavy atom. The maximum Gasteiger partial charge on any atom is 0.265 e. The lowest BCUT2D eigenvalue weighted by atomic mass is 10.1. The number of aryl methyl sites for hydroxylation is 1. The minimum Gasteiger partial charge on any atom is -0.436 e. The molecule has 3 aromatic rings. The summed E-state index contributed by atoms with van der Waals surface area (Å²) >= 11 is 0. The molecule has 1 N–H and O–H groups in total. The number of ether oxygens (including phenoxy) is 1. The van der Waals surface area contributed by atoms with Gasteiger partial charge in [0.15, 0.2) is 0 Å². The molecule has 5 heteroatoms. The summed E-state index contributed by atoms with van der Waals surface area (Å²) in [6.07, 6.45) is 6.44. The molecule has 2 aromatic heterocycles. The van der Waals surface area contributed by atoms with E-state index in [-0.39, 0.29) is 0 Å². The lowest BCUT2D eigenvalue weighted by molar-refractivity contribution is 0.460. The Morgan fingerprint density at radius 2 is 2.10 bits per heavy atom. The van der Waals surface area contributed by atoms with E-state index in [0.29, 0.717) is 11.5 Å². The summed E-state index contributed by atoms with van der Waals surface area (Å²) < 4.78 is 7.94. The summed E-state index contributed by atoms with van der Waals surface area (Å²) in [5.41, 5.74) is 1.86. The first-order chi connectivity index (χ1) is 10.3. The third-order valence-electron chi connectivity index (χ3n) is 3.26. The fraction of sp³-hybridized carbons (Fsp3) is 0.250. The quantitative estimate of drug-likeness (QED) is 0.778. The van der Waals surface area contributed by atoms with Gasteiger partial charge in [0.1, 0.15) is 11.6 Å². The van der Waals surface area contributed by atoms with Crippen molar-refractivity contribution in [2.75, 3.05) is 11.9 Å². The van der Waals surface area contributed by atoms with Gasteiger partial charge in [-0.15, -0.1) is 0 Å². The van der Waals surface area contributed by atoms with Crippen LogP contribution in [0.15, 0.2) is 42.9 Å². The number of nitrogens with one attached hydrogen (secondary N) is 1. The van der Waals surface area contributed by atoms with Crippen LogP contribution in [0.4, 0.5) is 5.82 Å². The van der Waals surface area contributed by atoms with Crippen LogP contribution in [-0.2, 0) is 6.42 Å². The number of imidazole rings is 1. The fourth-order valence-corrected chi connectivity index (χ4v) is 2.24. The minimum atomic E-state index is 0.513. The summed E-state index contributed by atoms with van der Waals surface area (Å²) in [4.78, 5) is 8.84. The summed E-state index contributed by atoms with van der Waals surface area (Å²) in [6, 6.07) is 8.00. The van der Waals surface area contributed by atoms with Crippen LogP contribution in [0.2, 0.25) is 0 Å². The first-order valence-electron chi connectivity index (χ1n) is 7.15. The molecule has 0 radical (unpaired) electrons. The maximum atomic E-state index is 6.02. The van der Waals surface area contributed by atoms with E-state index in [4.69, 9.17) is 4.74 Å². The number of nitrogens with zero attached hydrogens (tertiary/aromatic N) is 3. The van der Waals surface area contributed by atoms with Gasteiger partial charge in [-0.3, -0.25) is 4.40 Å². The van der Waals surface area contributed by atoms with Crippen molar-refractivity contribution in [1.82, 2.24) is 14.4 Å². The smallest absolute Gasteiger partial charge is 0.265 e. The average molecular weight is 282 g/mol. The van der Waals surface area contributed by atoms with Gasteiger partial charge in [0, 0.05) is 18.9 Å². The SMILES string of the molecule is CCNc1cn2ccnc2c(Oc2ccccc2CC)n1. The van der Waals surface area contributed by atoms with Crippen LogP contribution in [0.3, 0.4) is 0 Å². The fourth-order valence-electron chi connectivity index (χ4n) is 2.24.